The Balaban J connectivity index is 1.80. The highest BCUT2D eigenvalue weighted by molar-refractivity contribution is 5.86. The van der Waals surface area contributed by atoms with Gasteiger partial charge in [-0.25, -0.2) is 14.8 Å². The first-order valence-corrected chi connectivity index (χ1v) is 6.17. The minimum Gasteiger partial charge on any atom is -0.457 e. The summed E-state index contributed by atoms with van der Waals surface area (Å²) < 4.78 is 10.1. The van der Waals surface area contributed by atoms with Crippen LogP contribution < -0.4 is 0 Å². The molecule has 0 amide bonds. The molecule has 0 saturated heterocycles. The highest BCUT2D eigenvalue weighted by Crippen LogP contribution is 2.13. The molecule has 0 bridgehead atoms. The number of aryl methyl sites for hydroxylation is 1. The molecule has 100 valence electrons. The van der Waals surface area contributed by atoms with Gasteiger partial charge in [0.25, 0.3) is 0 Å². The predicted octanol–water partition coefficient (Wildman–Crippen LogP) is 2.89. The molecule has 1 aromatic carbocycles. The molecule has 5 nitrogen and oxygen atoms in total. The van der Waals surface area contributed by atoms with Gasteiger partial charge >= 0.3 is 5.97 Å². The molecule has 0 aliphatic carbocycles. The summed E-state index contributed by atoms with van der Waals surface area (Å²) in [7, 11) is 0. The zero-order valence-electron chi connectivity index (χ0n) is 10.9. The first-order valence-electron chi connectivity index (χ1n) is 6.17. The summed E-state index contributed by atoms with van der Waals surface area (Å²) in [5, 5.41) is 0. The molecule has 0 unspecified atom stereocenters. The average Bonchev–Trinajstić information content (AvgIpc) is 2.99. The molecule has 0 saturated carbocycles. The lowest BCUT2D eigenvalue weighted by molar-refractivity contribution is 0.0430. The normalized spacial score (nSPS) is 10.7. The molecule has 0 N–H and O–H groups in total. The molecule has 0 spiro atoms. The van der Waals surface area contributed by atoms with Crippen LogP contribution in [0, 0.1) is 6.92 Å². The standard InChI is InChI=1S/C15H12N2O3/c1-10-13(9-20-15(18)14-7-4-8-19-14)17-12-6-3-2-5-11(12)16-10/h2-8H,9H2,1H3. The van der Waals surface area contributed by atoms with Gasteiger partial charge in [-0.1, -0.05) is 12.1 Å². The molecule has 0 aliphatic rings. The van der Waals surface area contributed by atoms with E-state index in [1.807, 2.05) is 31.2 Å². The minimum absolute atomic E-state index is 0.0726. The fourth-order valence-corrected chi connectivity index (χ4v) is 1.86. The van der Waals surface area contributed by atoms with E-state index < -0.39 is 5.97 Å². The monoisotopic (exact) mass is 268 g/mol. The molecule has 20 heavy (non-hydrogen) atoms. The van der Waals surface area contributed by atoms with Crippen LogP contribution in [0.15, 0.2) is 47.1 Å². The number of nitrogens with zero attached hydrogens (tertiary/aromatic N) is 2. The van der Waals surface area contributed by atoms with Gasteiger partial charge in [0.05, 0.1) is 28.7 Å². The highest BCUT2D eigenvalue weighted by Gasteiger charge is 2.12. The quantitative estimate of drug-likeness (QED) is 0.683. The maximum absolute atomic E-state index is 11.7. The summed E-state index contributed by atoms with van der Waals surface area (Å²) in [5.74, 6) is -0.333. The summed E-state index contributed by atoms with van der Waals surface area (Å²) in [4.78, 5) is 20.6. The van der Waals surface area contributed by atoms with Gasteiger partial charge in [0.2, 0.25) is 5.76 Å². The summed E-state index contributed by atoms with van der Waals surface area (Å²) in [6, 6.07) is 10.8. The Hall–Kier alpha value is -2.69. The third-order valence-corrected chi connectivity index (χ3v) is 2.91. The van der Waals surface area contributed by atoms with Crippen LogP contribution in [0.5, 0.6) is 0 Å². The Bertz CT molecular complexity index is 751. The summed E-state index contributed by atoms with van der Waals surface area (Å²) in [5.41, 5.74) is 2.99. The Morgan fingerprint density at radius 2 is 1.90 bits per heavy atom. The van der Waals surface area contributed by atoms with Gasteiger partial charge < -0.3 is 9.15 Å². The number of rotatable bonds is 3. The van der Waals surface area contributed by atoms with Crippen molar-refractivity contribution in [3.8, 4) is 0 Å². The van der Waals surface area contributed by atoms with E-state index in [-0.39, 0.29) is 12.4 Å². The number of ether oxygens (including phenoxy) is 1. The van der Waals surface area contributed by atoms with Crippen LogP contribution in [0.3, 0.4) is 0 Å². The molecule has 3 rings (SSSR count). The van der Waals surface area contributed by atoms with Crippen molar-refractivity contribution in [1.29, 1.82) is 0 Å². The second-order valence-electron chi connectivity index (χ2n) is 4.30. The van der Waals surface area contributed by atoms with Crippen LogP contribution >= 0.6 is 0 Å². The van der Waals surface area contributed by atoms with Crippen molar-refractivity contribution in [1.82, 2.24) is 9.97 Å². The van der Waals surface area contributed by atoms with Crippen molar-refractivity contribution in [2.24, 2.45) is 0 Å². The molecular formula is C15H12N2O3. The van der Waals surface area contributed by atoms with E-state index in [2.05, 4.69) is 9.97 Å². The van der Waals surface area contributed by atoms with Crippen molar-refractivity contribution in [2.75, 3.05) is 0 Å². The van der Waals surface area contributed by atoms with Gasteiger partial charge in [-0.2, -0.15) is 0 Å². The zero-order chi connectivity index (χ0) is 13.9. The molecule has 3 aromatic rings. The summed E-state index contributed by atoms with van der Waals surface area (Å²) in [6.45, 7) is 1.92. The molecule has 0 atom stereocenters. The van der Waals surface area contributed by atoms with E-state index in [4.69, 9.17) is 9.15 Å². The summed E-state index contributed by atoms with van der Waals surface area (Å²) >= 11 is 0. The number of aromatic nitrogens is 2. The van der Waals surface area contributed by atoms with E-state index in [0.717, 1.165) is 16.7 Å². The maximum atomic E-state index is 11.7. The third kappa shape index (κ3) is 2.38. The number of hydrogen-bond donors (Lipinski definition) is 0. The smallest absolute Gasteiger partial charge is 0.374 e. The van der Waals surface area contributed by atoms with E-state index in [1.54, 1.807) is 12.1 Å². The van der Waals surface area contributed by atoms with Gasteiger partial charge in [-0.05, 0) is 31.2 Å². The van der Waals surface area contributed by atoms with Gasteiger partial charge in [0, 0.05) is 0 Å². The number of para-hydroxylation sites is 2. The number of fused-ring (bicyclic) bond motifs is 1. The van der Waals surface area contributed by atoms with E-state index >= 15 is 0 Å². The molecule has 2 heterocycles. The minimum atomic E-state index is -0.510. The third-order valence-electron chi connectivity index (χ3n) is 2.91. The van der Waals surface area contributed by atoms with Crippen LogP contribution in [0.1, 0.15) is 21.9 Å². The predicted molar refractivity (Wildman–Crippen MR) is 72.1 cm³/mol. The molecule has 0 aliphatic heterocycles. The molecule has 0 fully saturated rings. The maximum Gasteiger partial charge on any atom is 0.374 e. The van der Waals surface area contributed by atoms with Crippen molar-refractivity contribution < 1.29 is 13.9 Å². The van der Waals surface area contributed by atoms with Crippen molar-refractivity contribution >= 4 is 17.0 Å². The van der Waals surface area contributed by atoms with Gasteiger partial charge in [0.15, 0.2) is 0 Å². The van der Waals surface area contributed by atoms with E-state index in [0.29, 0.717) is 5.69 Å². The Labute approximate surface area is 115 Å². The van der Waals surface area contributed by atoms with Crippen LogP contribution in [0.2, 0.25) is 0 Å². The van der Waals surface area contributed by atoms with Gasteiger partial charge in [0.1, 0.15) is 6.61 Å². The number of hydrogen-bond acceptors (Lipinski definition) is 5. The van der Waals surface area contributed by atoms with Crippen molar-refractivity contribution in [2.45, 2.75) is 13.5 Å². The number of carbonyl (C=O) groups is 1. The number of carbonyl (C=O) groups excluding carboxylic acids is 1. The molecule has 5 heteroatoms. The first kappa shape index (κ1) is 12.3. The highest BCUT2D eigenvalue weighted by atomic mass is 16.5. The Kier molecular flexibility index (Phi) is 3.16. The van der Waals surface area contributed by atoms with E-state index in [1.165, 1.54) is 6.26 Å². The SMILES string of the molecule is Cc1nc2ccccc2nc1COC(=O)c1ccco1. The topological polar surface area (TPSA) is 65.2 Å². The molecule has 0 radical (unpaired) electrons. The summed E-state index contributed by atoms with van der Waals surface area (Å²) in [6.07, 6.45) is 1.43. The second kappa shape index (κ2) is 5.13. The number of furan rings is 1. The molecule has 2 aromatic heterocycles. The Morgan fingerprint density at radius 3 is 2.60 bits per heavy atom. The van der Waals surface area contributed by atoms with Crippen LogP contribution in [0.4, 0.5) is 0 Å². The second-order valence-corrected chi connectivity index (χ2v) is 4.30. The lowest BCUT2D eigenvalue weighted by atomic mass is 10.2. The lowest BCUT2D eigenvalue weighted by Gasteiger charge is -2.06. The van der Waals surface area contributed by atoms with Crippen molar-refractivity contribution in [3.05, 3.63) is 59.8 Å². The zero-order valence-corrected chi connectivity index (χ0v) is 10.9. The lowest BCUT2D eigenvalue weighted by Crippen LogP contribution is -2.07. The van der Waals surface area contributed by atoms with Crippen molar-refractivity contribution in [3.63, 3.8) is 0 Å². The number of esters is 1. The first-order chi connectivity index (χ1) is 9.74. The largest absolute Gasteiger partial charge is 0.457 e. The average molecular weight is 268 g/mol. The fraction of sp³-hybridized carbons (Fsp3) is 0.133. The van der Waals surface area contributed by atoms with Gasteiger partial charge in [-0.15, -0.1) is 0 Å². The number of benzene rings is 1. The van der Waals surface area contributed by atoms with Crippen LogP contribution in [-0.4, -0.2) is 15.9 Å². The van der Waals surface area contributed by atoms with Crippen LogP contribution in [0.25, 0.3) is 11.0 Å². The van der Waals surface area contributed by atoms with Gasteiger partial charge in [-0.3, -0.25) is 0 Å². The molecular weight excluding hydrogens is 256 g/mol. The fourth-order valence-electron chi connectivity index (χ4n) is 1.86. The Morgan fingerprint density at radius 1 is 1.15 bits per heavy atom. The van der Waals surface area contributed by atoms with Crippen LogP contribution in [-0.2, 0) is 11.3 Å². The van der Waals surface area contributed by atoms with E-state index in [9.17, 15) is 4.79 Å².